The van der Waals surface area contributed by atoms with Crippen molar-refractivity contribution in [1.29, 1.82) is 0 Å². The minimum absolute atomic E-state index is 0.0619. The molecule has 7 heteroatoms. The van der Waals surface area contributed by atoms with Crippen molar-refractivity contribution in [1.82, 2.24) is 4.98 Å². The largest absolute Gasteiger partial charge is 0.421 e. The summed E-state index contributed by atoms with van der Waals surface area (Å²) in [6.07, 6.45) is 0. The predicted octanol–water partition coefficient (Wildman–Crippen LogP) is 0.600. The Labute approximate surface area is 99.6 Å². The first kappa shape index (κ1) is 11.4. The van der Waals surface area contributed by atoms with E-state index in [4.69, 9.17) is 15.9 Å². The third-order valence-corrected chi connectivity index (χ3v) is 2.29. The van der Waals surface area contributed by atoms with Gasteiger partial charge in [0.05, 0.1) is 0 Å². The molecule has 0 bridgehead atoms. The molecule has 17 heavy (non-hydrogen) atoms. The summed E-state index contributed by atoms with van der Waals surface area (Å²) < 4.78 is 5.22. The van der Waals surface area contributed by atoms with Crippen LogP contribution in [0.2, 0.25) is 0 Å². The van der Waals surface area contributed by atoms with Gasteiger partial charge in [0.2, 0.25) is 11.5 Å². The number of carbonyl (C=O) groups is 1. The number of carbonyl (C=O) groups excluding carboxylic acids is 1. The van der Waals surface area contributed by atoms with Crippen LogP contribution >= 0.6 is 9.24 Å². The van der Waals surface area contributed by atoms with Crippen LogP contribution in [0.5, 0.6) is 0 Å². The maximum absolute atomic E-state index is 11.1. The van der Waals surface area contributed by atoms with Crippen molar-refractivity contribution in [2.75, 3.05) is 11.1 Å². The molecule has 5 N–H and O–H groups in total. The molecule has 1 amide bonds. The molecule has 1 unspecified atom stereocenters. The summed E-state index contributed by atoms with van der Waals surface area (Å²) in [6, 6.07) is 6.96. The van der Waals surface area contributed by atoms with E-state index in [1.807, 2.05) is 0 Å². The number of nitrogens with zero attached hydrogens (tertiary/aromatic N) is 1. The normalized spacial score (nSPS) is 10.2. The van der Waals surface area contributed by atoms with Crippen LogP contribution < -0.4 is 22.4 Å². The van der Waals surface area contributed by atoms with Gasteiger partial charge in [0, 0.05) is 11.4 Å². The van der Waals surface area contributed by atoms with E-state index in [1.54, 1.807) is 24.3 Å². The quantitative estimate of drug-likeness (QED) is 0.546. The van der Waals surface area contributed by atoms with Gasteiger partial charge in [-0.05, 0) is 33.5 Å². The van der Waals surface area contributed by atoms with Gasteiger partial charge in [-0.3, -0.25) is 4.79 Å². The number of amides is 1. The Morgan fingerprint density at radius 1 is 1.35 bits per heavy atom. The van der Waals surface area contributed by atoms with Crippen LogP contribution in [0.3, 0.4) is 0 Å². The van der Waals surface area contributed by atoms with Crippen molar-refractivity contribution < 1.29 is 9.21 Å². The lowest BCUT2D eigenvalue weighted by Gasteiger charge is -2.03. The first-order valence-corrected chi connectivity index (χ1v) is 5.32. The van der Waals surface area contributed by atoms with Gasteiger partial charge in [-0.2, -0.15) is 0 Å². The van der Waals surface area contributed by atoms with Crippen LogP contribution in [0, 0.1) is 0 Å². The number of oxazole rings is 1. The van der Waals surface area contributed by atoms with Crippen molar-refractivity contribution >= 4 is 38.0 Å². The van der Waals surface area contributed by atoms with E-state index in [2.05, 4.69) is 19.5 Å². The zero-order valence-electron chi connectivity index (χ0n) is 8.81. The summed E-state index contributed by atoms with van der Waals surface area (Å²) in [5, 5.41) is 2.90. The highest BCUT2D eigenvalue weighted by atomic mass is 31.0. The highest BCUT2D eigenvalue weighted by Gasteiger charge is 2.16. The Hall–Kier alpha value is -2.07. The van der Waals surface area contributed by atoms with Gasteiger partial charge in [-0.15, -0.1) is 0 Å². The third kappa shape index (κ3) is 2.54. The molecule has 0 spiro atoms. The molecule has 0 aliphatic carbocycles. The molecule has 6 nitrogen and oxygen atoms in total. The Morgan fingerprint density at radius 2 is 2.00 bits per heavy atom. The maximum Gasteiger partial charge on any atom is 0.273 e. The number of nitrogen functional groups attached to an aromatic ring is 1. The molecule has 2 rings (SSSR count). The summed E-state index contributed by atoms with van der Waals surface area (Å²) in [6.45, 7) is 0. The number of nitrogens with one attached hydrogen (secondary N) is 1. The fraction of sp³-hybridized carbons (Fsp3) is 0. The van der Waals surface area contributed by atoms with E-state index in [-0.39, 0.29) is 17.2 Å². The average Bonchev–Trinajstić information content (AvgIpc) is 2.63. The first-order chi connectivity index (χ1) is 8.06. The van der Waals surface area contributed by atoms with Gasteiger partial charge in [0.25, 0.3) is 5.91 Å². The van der Waals surface area contributed by atoms with Crippen LogP contribution in [0.1, 0.15) is 10.5 Å². The fourth-order valence-electron chi connectivity index (χ4n) is 1.29. The summed E-state index contributed by atoms with van der Waals surface area (Å²) in [4.78, 5) is 15.0. The van der Waals surface area contributed by atoms with Crippen LogP contribution in [0.25, 0.3) is 0 Å². The van der Waals surface area contributed by atoms with Gasteiger partial charge in [0.15, 0.2) is 5.69 Å². The van der Waals surface area contributed by atoms with E-state index in [9.17, 15) is 4.79 Å². The van der Waals surface area contributed by atoms with E-state index < -0.39 is 5.91 Å². The number of rotatable bonds is 3. The van der Waals surface area contributed by atoms with Crippen LogP contribution in [0.15, 0.2) is 28.7 Å². The Bertz CT molecular complexity index is 550. The number of benzene rings is 1. The molecule has 0 saturated carbocycles. The number of hydrogen-bond donors (Lipinski definition) is 3. The van der Waals surface area contributed by atoms with Gasteiger partial charge < -0.3 is 21.2 Å². The molecule has 1 aromatic heterocycles. The van der Waals surface area contributed by atoms with Gasteiger partial charge in [-0.25, -0.2) is 4.98 Å². The molecule has 1 heterocycles. The number of hydrogen-bond acceptors (Lipinski definition) is 5. The smallest absolute Gasteiger partial charge is 0.273 e. The molecule has 1 atom stereocenters. The van der Waals surface area contributed by atoms with E-state index in [1.165, 1.54) is 0 Å². The standard InChI is InChI=1S/C10H11N4O2P/c11-5-1-3-6(4-2-5)13-9-7(8(12)15)14-10(17)16-9/h1-4,13H,11,17H2,(H2,12,15). The minimum Gasteiger partial charge on any atom is -0.421 e. The van der Waals surface area contributed by atoms with E-state index in [0.29, 0.717) is 5.69 Å². The van der Waals surface area contributed by atoms with Gasteiger partial charge >= 0.3 is 0 Å². The molecule has 0 saturated heterocycles. The Morgan fingerprint density at radius 3 is 2.59 bits per heavy atom. The fourth-order valence-corrected chi connectivity index (χ4v) is 1.53. The summed E-state index contributed by atoms with van der Waals surface area (Å²) in [7, 11) is 2.26. The summed E-state index contributed by atoms with van der Waals surface area (Å²) >= 11 is 0. The second-order valence-corrected chi connectivity index (χ2v) is 3.83. The lowest BCUT2D eigenvalue weighted by Crippen LogP contribution is -2.13. The summed E-state index contributed by atoms with van der Waals surface area (Å²) in [5.74, 6) is -0.437. The molecular formula is C10H11N4O2P. The average molecular weight is 250 g/mol. The van der Waals surface area contributed by atoms with Crippen molar-refractivity contribution in [2.24, 2.45) is 5.73 Å². The van der Waals surface area contributed by atoms with E-state index >= 15 is 0 Å². The van der Waals surface area contributed by atoms with E-state index in [0.717, 1.165) is 5.69 Å². The number of anilines is 3. The second kappa shape index (κ2) is 4.43. The molecule has 0 aliphatic heterocycles. The van der Waals surface area contributed by atoms with Crippen LogP contribution in [-0.2, 0) is 0 Å². The highest BCUT2D eigenvalue weighted by Crippen LogP contribution is 2.20. The van der Waals surface area contributed by atoms with Crippen LogP contribution in [0.4, 0.5) is 17.3 Å². The van der Waals surface area contributed by atoms with Crippen molar-refractivity contribution in [3.05, 3.63) is 30.0 Å². The zero-order valence-corrected chi connectivity index (χ0v) is 9.96. The number of primary amides is 1. The zero-order chi connectivity index (χ0) is 12.4. The topological polar surface area (TPSA) is 107 Å². The maximum atomic E-state index is 11.1. The molecule has 0 fully saturated rings. The lowest BCUT2D eigenvalue weighted by atomic mass is 10.3. The summed E-state index contributed by atoms with van der Waals surface area (Å²) in [5.41, 5.74) is 12.5. The molecule has 0 aliphatic rings. The Kier molecular flexibility index (Phi) is 2.97. The third-order valence-electron chi connectivity index (χ3n) is 2.05. The second-order valence-electron chi connectivity index (χ2n) is 3.34. The van der Waals surface area contributed by atoms with Crippen molar-refractivity contribution in [3.8, 4) is 0 Å². The monoisotopic (exact) mass is 250 g/mol. The Balaban J connectivity index is 2.29. The van der Waals surface area contributed by atoms with Gasteiger partial charge in [0.1, 0.15) is 0 Å². The molecule has 1 aromatic carbocycles. The lowest BCUT2D eigenvalue weighted by molar-refractivity contribution is 0.0996. The molecule has 0 radical (unpaired) electrons. The molecule has 2 aromatic rings. The predicted molar refractivity (Wildman–Crippen MR) is 68.5 cm³/mol. The van der Waals surface area contributed by atoms with Crippen molar-refractivity contribution in [2.45, 2.75) is 0 Å². The van der Waals surface area contributed by atoms with Crippen molar-refractivity contribution in [3.63, 3.8) is 0 Å². The molecular weight excluding hydrogens is 239 g/mol. The SMILES string of the molecule is NC(=O)c1nc(P)oc1Nc1ccc(N)cc1. The van der Waals surface area contributed by atoms with Gasteiger partial charge in [-0.1, -0.05) is 0 Å². The van der Waals surface area contributed by atoms with Crippen LogP contribution in [-0.4, -0.2) is 10.9 Å². The number of nitrogens with two attached hydrogens (primary N) is 2. The number of aromatic nitrogens is 1. The minimum atomic E-state index is -0.652. The molecule has 88 valence electrons. The first-order valence-electron chi connectivity index (χ1n) is 4.75. The highest BCUT2D eigenvalue weighted by molar-refractivity contribution is 7.26.